The number of ether oxygens (including phenoxy) is 4. The van der Waals surface area contributed by atoms with Gasteiger partial charge >= 0.3 is 5.63 Å². The molecule has 0 N–H and O–H groups in total. The highest BCUT2D eigenvalue weighted by atomic mass is 16.5. The van der Waals surface area contributed by atoms with Crippen LogP contribution < -0.4 is 24.6 Å². The van der Waals surface area contributed by atoms with E-state index in [2.05, 4.69) is 0 Å². The van der Waals surface area contributed by atoms with Gasteiger partial charge < -0.3 is 28.3 Å². The van der Waals surface area contributed by atoms with Crippen LogP contribution in [0.4, 0.5) is 0 Å². The second kappa shape index (κ2) is 10.2. The minimum atomic E-state index is -0.424. The zero-order chi connectivity index (χ0) is 22.4. The third kappa shape index (κ3) is 5.71. The Morgan fingerprint density at radius 3 is 2.19 bits per heavy atom. The number of carbonyl (C=O) groups excluding carboxylic acids is 1. The first-order chi connectivity index (χ1) is 14.9. The van der Waals surface area contributed by atoms with E-state index in [1.54, 1.807) is 46.5 Å². The molecule has 2 aromatic rings. The Bertz CT molecular complexity index is 936. The quantitative estimate of drug-likeness (QED) is 0.635. The summed E-state index contributed by atoms with van der Waals surface area (Å²) in [6.45, 7) is 2.93. The summed E-state index contributed by atoms with van der Waals surface area (Å²) in [7, 11) is 4.75. The fraction of sp³-hybridized carbons (Fsp3) is 0.478. The number of piperidine rings is 1. The van der Waals surface area contributed by atoms with E-state index >= 15 is 0 Å². The third-order valence-corrected chi connectivity index (χ3v) is 5.37. The highest BCUT2D eigenvalue weighted by Crippen LogP contribution is 2.35. The normalized spacial score (nSPS) is 14.3. The molecule has 1 amide bonds. The van der Waals surface area contributed by atoms with Gasteiger partial charge in [0.15, 0.2) is 0 Å². The number of carbonyl (C=O) groups is 1. The number of hydrogen-bond donors (Lipinski definition) is 0. The van der Waals surface area contributed by atoms with Crippen LogP contribution in [0.2, 0.25) is 0 Å². The van der Waals surface area contributed by atoms with Gasteiger partial charge in [0, 0.05) is 56.1 Å². The molecule has 31 heavy (non-hydrogen) atoms. The Labute approximate surface area is 181 Å². The fourth-order valence-corrected chi connectivity index (χ4v) is 3.77. The number of likely N-dealkylation sites (tertiary alicyclic amines) is 1. The first kappa shape index (κ1) is 22.5. The van der Waals surface area contributed by atoms with Crippen LogP contribution in [0.1, 0.15) is 30.6 Å². The van der Waals surface area contributed by atoms with Gasteiger partial charge in [-0.05, 0) is 13.3 Å². The molecule has 0 atom stereocenters. The van der Waals surface area contributed by atoms with Gasteiger partial charge in [-0.15, -0.1) is 0 Å². The molecule has 3 rings (SSSR count). The second-order valence-corrected chi connectivity index (χ2v) is 7.43. The summed E-state index contributed by atoms with van der Waals surface area (Å²) >= 11 is 0. The number of hydrogen-bond acceptors (Lipinski definition) is 7. The topological polar surface area (TPSA) is 87.4 Å². The molecule has 1 aromatic heterocycles. The van der Waals surface area contributed by atoms with Gasteiger partial charge in [-0.25, -0.2) is 4.79 Å². The molecule has 8 nitrogen and oxygen atoms in total. The summed E-state index contributed by atoms with van der Waals surface area (Å²) in [6.07, 6.45) is 2.24. The van der Waals surface area contributed by atoms with Gasteiger partial charge in [0.05, 0.1) is 27.4 Å². The minimum Gasteiger partial charge on any atom is -0.496 e. The molecule has 8 heteroatoms. The van der Waals surface area contributed by atoms with Crippen LogP contribution in [0.3, 0.4) is 0 Å². The number of rotatable bonds is 8. The summed E-state index contributed by atoms with van der Waals surface area (Å²) in [5, 5.41) is 0. The van der Waals surface area contributed by atoms with Crippen LogP contribution in [-0.4, -0.2) is 51.3 Å². The van der Waals surface area contributed by atoms with Crippen molar-refractivity contribution in [1.29, 1.82) is 0 Å². The maximum Gasteiger partial charge on any atom is 0.339 e. The smallest absolute Gasteiger partial charge is 0.339 e. The van der Waals surface area contributed by atoms with Crippen molar-refractivity contribution in [2.45, 2.75) is 38.7 Å². The van der Waals surface area contributed by atoms with Crippen molar-refractivity contribution < 1.29 is 28.2 Å². The maximum absolute atomic E-state index is 12.8. The van der Waals surface area contributed by atoms with E-state index in [1.807, 2.05) is 4.90 Å². The standard InChI is InChI=1S/C23H29NO7/c1-15-11-18(14-23(26)30-15)31-16-7-9-24(10-8-16)22(25)6-5-19-20(28-3)12-17(27-2)13-21(19)29-4/h11-14,16H,5-10H2,1-4H3. The van der Waals surface area contributed by atoms with E-state index in [0.717, 1.165) is 5.56 Å². The van der Waals surface area contributed by atoms with Crippen molar-refractivity contribution in [2.75, 3.05) is 34.4 Å². The molecule has 0 unspecified atom stereocenters. The van der Waals surface area contributed by atoms with E-state index in [9.17, 15) is 9.59 Å². The monoisotopic (exact) mass is 431 g/mol. The molecule has 0 saturated carbocycles. The van der Waals surface area contributed by atoms with E-state index in [1.165, 1.54) is 6.07 Å². The molecule has 0 bridgehead atoms. The Balaban J connectivity index is 1.55. The second-order valence-electron chi connectivity index (χ2n) is 7.43. The first-order valence-electron chi connectivity index (χ1n) is 10.3. The highest BCUT2D eigenvalue weighted by molar-refractivity contribution is 5.77. The van der Waals surface area contributed by atoms with Gasteiger partial charge in [-0.3, -0.25) is 4.79 Å². The predicted molar refractivity (Wildman–Crippen MR) is 114 cm³/mol. The van der Waals surface area contributed by atoms with Crippen molar-refractivity contribution in [3.05, 3.63) is 46.0 Å². The Morgan fingerprint density at radius 1 is 1.00 bits per heavy atom. The lowest BCUT2D eigenvalue weighted by atomic mass is 10.0. The lowest BCUT2D eigenvalue weighted by Gasteiger charge is -2.32. The molecule has 0 radical (unpaired) electrons. The van der Waals surface area contributed by atoms with Gasteiger partial charge in [-0.1, -0.05) is 0 Å². The summed E-state index contributed by atoms with van der Waals surface area (Å²) < 4.78 is 27.1. The number of aryl methyl sites for hydroxylation is 1. The van der Waals surface area contributed by atoms with E-state index in [0.29, 0.717) is 67.5 Å². The van der Waals surface area contributed by atoms with Crippen LogP contribution in [0, 0.1) is 6.92 Å². The lowest BCUT2D eigenvalue weighted by Crippen LogP contribution is -2.41. The number of amides is 1. The maximum atomic E-state index is 12.8. The Kier molecular flexibility index (Phi) is 7.44. The van der Waals surface area contributed by atoms with Crippen LogP contribution in [-0.2, 0) is 11.2 Å². The van der Waals surface area contributed by atoms with E-state index < -0.39 is 5.63 Å². The van der Waals surface area contributed by atoms with Crippen molar-refractivity contribution in [1.82, 2.24) is 4.90 Å². The third-order valence-electron chi connectivity index (χ3n) is 5.37. The van der Waals surface area contributed by atoms with Gasteiger partial charge in [0.1, 0.15) is 34.9 Å². The molecule has 0 spiro atoms. The van der Waals surface area contributed by atoms with Gasteiger partial charge in [0.25, 0.3) is 0 Å². The lowest BCUT2D eigenvalue weighted by molar-refractivity contribution is -0.132. The SMILES string of the molecule is COc1cc(OC)c(CCC(=O)N2CCC(Oc3cc(C)oc(=O)c3)CC2)c(OC)c1. The minimum absolute atomic E-state index is 0.0352. The molecular formula is C23H29NO7. The highest BCUT2D eigenvalue weighted by Gasteiger charge is 2.25. The molecule has 168 valence electrons. The number of benzene rings is 1. The van der Waals surface area contributed by atoms with E-state index in [-0.39, 0.29) is 12.0 Å². The Hall–Kier alpha value is -3.16. The molecule has 0 aliphatic carbocycles. The Morgan fingerprint density at radius 2 is 1.65 bits per heavy atom. The molecule has 1 aliphatic rings. The molecule has 1 aliphatic heterocycles. The van der Waals surface area contributed by atoms with Crippen LogP contribution in [0.5, 0.6) is 23.0 Å². The molecule has 1 saturated heterocycles. The molecule has 1 fully saturated rings. The number of nitrogens with zero attached hydrogens (tertiary/aromatic N) is 1. The van der Waals surface area contributed by atoms with Crippen LogP contribution in [0.25, 0.3) is 0 Å². The van der Waals surface area contributed by atoms with Crippen molar-refractivity contribution in [3.63, 3.8) is 0 Å². The summed E-state index contributed by atoms with van der Waals surface area (Å²) in [5.41, 5.74) is 0.419. The first-order valence-corrected chi connectivity index (χ1v) is 10.3. The van der Waals surface area contributed by atoms with Crippen molar-refractivity contribution >= 4 is 5.91 Å². The van der Waals surface area contributed by atoms with E-state index in [4.69, 9.17) is 23.4 Å². The molecular weight excluding hydrogens is 402 g/mol. The largest absolute Gasteiger partial charge is 0.496 e. The number of methoxy groups -OCH3 is 3. The van der Waals surface area contributed by atoms with Crippen LogP contribution >= 0.6 is 0 Å². The van der Waals surface area contributed by atoms with Crippen molar-refractivity contribution in [3.8, 4) is 23.0 Å². The van der Waals surface area contributed by atoms with Crippen LogP contribution in [0.15, 0.2) is 33.5 Å². The zero-order valence-corrected chi connectivity index (χ0v) is 18.4. The van der Waals surface area contributed by atoms with Gasteiger partial charge in [-0.2, -0.15) is 0 Å². The summed E-state index contributed by atoms with van der Waals surface area (Å²) in [5.74, 6) is 3.01. The zero-order valence-electron chi connectivity index (χ0n) is 18.4. The molecule has 2 heterocycles. The summed E-state index contributed by atoms with van der Waals surface area (Å²) in [6, 6.07) is 6.63. The molecule has 1 aromatic carbocycles. The average Bonchev–Trinajstić information content (AvgIpc) is 2.76. The predicted octanol–water partition coefficient (Wildman–Crippen LogP) is 2.98. The van der Waals surface area contributed by atoms with Crippen molar-refractivity contribution in [2.24, 2.45) is 0 Å². The van der Waals surface area contributed by atoms with Gasteiger partial charge in [0.2, 0.25) is 5.91 Å². The fourth-order valence-electron chi connectivity index (χ4n) is 3.77. The summed E-state index contributed by atoms with van der Waals surface area (Å²) in [4.78, 5) is 26.1. The average molecular weight is 431 g/mol.